The van der Waals surface area contributed by atoms with Crippen molar-refractivity contribution in [3.63, 3.8) is 0 Å². The van der Waals surface area contributed by atoms with Gasteiger partial charge in [0, 0.05) is 44.8 Å². The number of fused-ring (bicyclic) bond motifs is 2. The van der Waals surface area contributed by atoms with Gasteiger partial charge in [0.1, 0.15) is 18.0 Å². The molecule has 0 radical (unpaired) electrons. The summed E-state index contributed by atoms with van der Waals surface area (Å²) in [6.45, 7) is 5.33. The van der Waals surface area contributed by atoms with E-state index in [-0.39, 0.29) is 60.3 Å². The first kappa shape index (κ1) is 45.7. The Morgan fingerprint density at radius 3 is 2.59 bits per heavy atom. The van der Waals surface area contributed by atoms with Crippen molar-refractivity contribution in [2.45, 2.75) is 76.0 Å². The van der Waals surface area contributed by atoms with Gasteiger partial charge in [0.25, 0.3) is 5.91 Å². The molecule has 0 spiro atoms. The van der Waals surface area contributed by atoms with Crippen molar-refractivity contribution < 1.29 is 41.4 Å². The Balaban J connectivity index is 1.04. The van der Waals surface area contributed by atoms with Crippen LogP contribution in [0.5, 0.6) is 5.75 Å². The number of likely N-dealkylation sites (N-methyl/N-ethyl adjacent to an activating group) is 1. The van der Waals surface area contributed by atoms with Crippen molar-refractivity contribution in [2.75, 3.05) is 81.0 Å². The molecule has 4 aromatic rings. The van der Waals surface area contributed by atoms with Crippen molar-refractivity contribution in [1.82, 2.24) is 15.5 Å². The number of ether oxygens (including phenoxy) is 1. The average molecular weight is 896 g/mol. The molecule has 3 aliphatic heterocycles. The lowest BCUT2D eigenvalue weighted by atomic mass is 9.94. The molecule has 4 heterocycles. The number of halogens is 5. The highest BCUT2D eigenvalue weighted by Crippen LogP contribution is 2.40. The minimum Gasteiger partial charge on any atom is -0.495 e. The molecular weight excluding hydrogens is 842 g/mol. The normalized spacial score (nSPS) is 21.9. The van der Waals surface area contributed by atoms with E-state index in [1.165, 1.54) is 7.11 Å². The number of piperidine rings is 1. The van der Waals surface area contributed by atoms with E-state index in [1.807, 2.05) is 36.8 Å². The van der Waals surface area contributed by atoms with Gasteiger partial charge in [-0.1, -0.05) is 43.9 Å². The maximum absolute atomic E-state index is 16.6. The van der Waals surface area contributed by atoms with E-state index in [4.69, 9.17) is 4.74 Å². The standard InChI is InChI=1S/C46H54F5N7O4S/c1-26(2)41-45(61)54-30(25-59)20-27-11-13-37(40(48)42(27)57(41)4)58-19-15-29(23-58)53-44(60)28-12-14-38(62-5)36(21-28)52-17-7-10-39-32(22-46(49,50)51)31-8-6-9-35(43(31)63-39)55-34-16-18-56(3)24-33(34)47/h6,8-9,11-14,21,26,29-30,33-34,41,52,55,59H,15-20,22-25H2,1-5H3,(H,53,60)(H,54,61)/t29-,30+,33+,34-,41+/m1/s1. The Morgan fingerprint density at radius 2 is 1.87 bits per heavy atom. The SMILES string of the molecule is COc1ccc(C(=O)N[C@@H]2CCN(c3ccc4c(c3F)N(C)[C@@H](C(C)C)C(=O)N[C@H](CO)C4)C2)cc1NCC#Cc1sc2c(N[C@@H]3CCN(C)C[C@@H]3F)cccc2c1CC(F)(F)F. The van der Waals surface area contributed by atoms with Crippen LogP contribution >= 0.6 is 11.3 Å². The van der Waals surface area contributed by atoms with Crippen LogP contribution in [0.25, 0.3) is 10.1 Å². The highest BCUT2D eigenvalue weighted by atomic mass is 32.1. The summed E-state index contributed by atoms with van der Waals surface area (Å²) >= 11 is 1.14. The summed E-state index contributed by atoms with van der Waals surface area (Å²) in [5.74, 6) is 5.09. The second-order valence-corrected chi connectivity index (χ2v) is 18.0. The first-order valence-electron chi connectivity index (χ1n) is 21.2. The third-order valence-electron chi connectivity index (χ3n) is 12.1. The molecule has 1 aromatic heterocycles. The van der Waals surface area contributed by atoms with Crippen LogP contribution in [-0.2, 0) is 17.6 Å². The minimum atomic E-state index is -4.48. The molecule has 63 heavy (non-hydrogen) atoms. The number of aliphatic hydroxyl groups excluding tert-OH is 1. The summed E-state index contributed by atoms with van der Waals surface area (Å²) in [5, 5.41) is 22.7. The monoisotopic (exact) mass is 895 g/mol. The summed E-state index contributed by atoms with van der Waals surface area (Å²) < 4.78 is 79.2. The van der Waals surface area contributed by atoms with Crippen molar-refractivity contribution in [3.05, 3.63) is 75.9 Å². The predicted octanol–water partition coefficient (Wildman–Crippen LogP) is 6.57. The molecule has 5 N–H and O–H groups in total. The largest absolute Gasteiger partial charge is 0.495 e. The zero-order valence-electron chi connectivity index (χ0n) is 36.0. The molecule has 3 aromatic carbocycles. The maximum atomic E-state index is 16.6. The molecule has 17 heteroatoms. The van der Waals surface area contributed by atoms with Crippen LogP contribution in [0, 0.1) is 23.6 Å². The Hall–Kier alpha value is -5.31. The molecule has 11 nitrogen and oxygen atoms in total. The summed E-state index contributed by atoms with van der Waals surface area (Å²) in [7, 11) is 5.04. The van der Waals surface area contributed by atoms with Gasteiger partial charge < -0.3 is 45.8 Å². The fourth-order valence-corrected chi connectivity index (χ4v) is 10.1. The fourth-order valence-electron chi connectivity index (χ4n) is 8.96. The number of carbonyl (C=O) groups excluding carboxylic acids is 2. The first-order valence-corrected chi connectivity index (χ1v) is 22.0. The lowest BCUT2D eigenvalue weighted by Gasteiger charge is -2.38. The highest BCUT2D eigenvalue weighted by Gasteiger charge is 2.37. The molecule has 0 saturated carbocycles. The smallest absolute Gasteiger partial charge is 0.393 e. The summed E-state index contributed by atoms with van der Waals surface area (Å²) in [6.07, 6.45) is -5.39. The number of benzene rings is 3. The lowest BCUT2D eigenvalue weighted by molar-refractivity contribution is -0.127. The number of methoxy groups -OCH3 is 1. The molecule has 5 atom stereocenters. The van der Waals surface area contributed by atoms with Gasteiger partial charge in [0.05, 0.1) is 71.1 Å². The predicted molar refractivity (Wildman–Crippen MR) is 239 cm³/mol. The van der Waals surface area contributed by atoms with Crippen molar-refractivity contribution in [2.24, 2.45) is 5.92 Å². The van der Waals surface area contributed by atoms with Gasteiger partial charge in [-0.05, 0) is 79.1 Å². The Labute approximate surface area is 368 Å². The van der Waals surface area contributed by atoms with Crippen molar-refractivity contribution in [1.29, 1.82) is 0 Å². The Bertz CT molecular complexity index is 2380. The molecule has 2 saturated heterocycles. The maximum Gasteiger partial charge on any atom is 0.393 e. The third-order valence-corrected chi connectivity index (χ3v) is 13.3. The van der Waals surface area contributed by atoms with E-state index in [2.05, 4.69) is 33.1 Å². The number of rotatable bonds is 11. The van der Waals surface area contributed by atoms with E-state index in [1.54, 1.807) is 54.4 Å². The molecule has 3 aliphatic rings. The topological polar surface area (TPSA) is 121 Å². The number of nitrogens with zero attached hydrogens (tertiary/aromatic N) is 3. The van der Waals surface area contributed by atoms with E-state index in [0.717, 1.165) is 11.3 Å². The van der Waals surface area contributed by atoms with Crippen LogP contribution in [0.3, 0.4) is 0 Å². The lowest BCUT2D eigenvalue weighted by Crippen LogP contribution is -2.54. The molecular formula is C46H54F5N7O4S. The Kier molecular flexibility index (Phi) is 13.9. The van der Waals surface area contributed by atoms with Crippen LogP contribution in [0.1, 0.15) is 53.1 Å². The number of aliphatic hydroxyl groups is 1. The van der Waals surface area contributed by atoms with Gasteiger partial charge in [0.15, 0.2) is 5.82 Å². The molecule has 2 amide bonds. The molecule has 0 aliphatic carbocycles. The second-order valence-electron chi connectivity index (χ2n) is 17.0. The summed E-state index contributed by atoms with van der Waals surface area (Å²) in [4.78, 5) is 32.5. The van der Waals surface area contributed by atoms with Gasteiger partial charge in [-0.15, -0.1) is 11.3 Å². The van der Waals surface area contributed by atoms with Gasteiger partial charge in [-0.2, -0.15) is 13.2 Å². The van der Waals surface area contributed by atoms with E-state index < -0.39 is 42.7 Å². The zero-order valence-corrected chi connectivity index (χ0v) is 36.8. The molecule has 0 unspecified atom stereocenters. The van der Waals surface area contributed by atoms with Gasteiger partial charge in [0.2, 0.25) is 5.91 Å². The number of amides is 2. The number of hydrogen-bond acceptors (Lipinski definition) is 10. The first-order chi connectivity index (χ1) is 30.0. The van der Waals surface area contributed by atoms with E-state index >= 15 is 4.39 Å². The number of hydrogen-bond donors (Lipinski definition) is 5. The Morgan fingerprint density at radius 1 is 1.08 bits per heavy atom. The molecule has 2 fully saturated rings. The van der Waals surface area contributed by atoms with Gasteiger partial charge >= 0.3 is 6.18 Å². The van der Waals surface area contributed by atoms with E-state index in [0.29, 0.717) is 82.2 Å². The average Bonchev–Trinajstić information content (AvgIpc) is 3.83. The summed E-state index contributed by atoms with van der Waals surface area (Å²) in [5.41, 5.74) is 2.78. The van der Waals surface area contributed by atoms with Crippen LogP contribution in [0.15, 0.2) is 48.5 Å². The number of likely N-dealkylation sites (tertiary alicyclic amines) is 1. The number of alkyl halides is 4. The van der Waals surface area contributed by atoms with Crippen LogP contribution in [-0.4, -0.2) is 119 Å². The van der Waals surface area contributed by atoms with Crippen molar-refractivity contribution in [3.8, 4) is 17.6 Å². The molecule has 338 valence electrons. The highest BCUT2D eigenvalue weighted by molar-refractivity contribution is 7.20. The fraction of sp³-hybridized carbons (Fsp3) is 0.478. The third kappa shape index (κ3) is 10.2. The van der Waals surface area contributed by atoms with Gasteiger partial charge in [-0.25, -0.2) is 8.78 Å². The van der Waals surface area contributed by atoms with Crippen LogP contribution in [0.4, 0.5) is 44.7 Å². The zero-order chi connectivity index (χ0) is 45.2. The second kappa shape index (κ2) is 19.2. The van der Waals surface area contributed by atoms with Crippen LogP contribution in [0.2, 0.25) is 0 Å². The quantitative estimate of drug-likeness (QED) is 0.0842. The molecule has 7 rings (SSSR count). The number of anilines is 4. The number of carbonyl (C=O) groups is 2. The number of nitrogens with one attached hydrogen (secondary N) is 4. The summed E-state index contributed by atoms with van der Waals surface area (Å²) in [6, 6.07) is 11.5. The molecule has 0 bridgehead atoms. The van der Waals surface area contributed by atoms with E-state index in [9.17, 15) is 32.3 Å². The van der Waals surface area contributed by atoms with Gasteiger partial charge in [-0.3, -0.25) is 9.59 Å². The van der Waals surface area contributed by atoms with Crippen LogP contribution < -0.4 is 35.8 Å². The minimum absolute atomic E-state index is 0.0216. The number of thiophene rings is 1. The van der Waals surface area contributed by atoms with Crippen molar-refractivity contribution >= 4 is 56.0 Å².